The number of amides is 3. The monoisotopic (exact) mass is 477 g/mol. The first-order chi connectivity index (χ1) is 16.5. The van der Waals surface area contributed by atoms with Crippen LogP contribution in [0.1, 0.15) is 26.5 Å². The van der Waals surface area contributed by atoms with E-state index in [4.69, 9.17) is 13.9 Å². The Morgan fingerprint density at radius 1 is 1.00 bits per heavy atom. The molecule has 5 rings (SSSR count). The summed E-state index contributed by atoms with van der Waals surface area (Å²) in [4.78, 5) is 46.1. The lowest BCUT2D eigenvalue weighted by atomic mass is 10.1. The fourth-order valence-corrected chi connectivity index (χ4v) is 4.90. The predicted octanol–water partition coefficient (Wildman–Crippen LogP) is 3.74. The number of nitrogens with zero attached hydrogens (tertiary/aromatic N) is 3. The molecule has 10 heteroatoms. The first kappa shape index (κ1) is 21.7. The number of rotatable bonds is 7. The number of carbonyl (C=O) groups excluding carboxylic acids is 3. The zero-order valence-corrected chi connectivity index (χ0v) is 19.1. The maximum absolute atomic E-state index is 13.5. The third-order valence-corrected chi connectivity index (χ3v) is 6.59. The summed E-state index contributed by atoms with van der Waals surface area (Å²) < 4.78 is 17.0. The van der Waals surface area contributed by atoms with Gasteiger partial charge >= 0.3 is 0 Å². The Morgan fingerprint density at radius 3 is 2.29 bits per heavy atom. The average Bonchev–Trinajstić information content (AvgIpc) is 3.58. The van der Waals surface area contributed by atoms with E-state index in [0.29, 0.717) is 32.6 Å². The third-order valence-electron chi connectivity index (χ3n) is 5.50. The number of hydrogen-bond donors (Lipinski definition) is 0. The van der Waals surface area contributed by atoms with Gasteiger partial charge in [0.15, 0.2) is 5.13 Å². The SMILES string of the molecule is COc1ccc(OC)c2sc(N(Cc3ccco3)C(=O)CN3C(=O)c4ccccc4C3=O)nc12. The summed E-state index contributed by atoms with van der Waals surface area (Å²) in [6, 6.07) is 13.5. The number of imide groups is 1. The molecule has 0 spiro atoms. The Balaban J connectivity index is 1.52. The molecule has 4 aromatic rings. The van der Waals surface area contributed by atoms with Crippen molar-refractivity contribution in [2.45, 2.75) is 6.54 Å². The van der Waals surface area contributed by atoms with Crippen LogP contribution in [0.2, 0.25) is 0 Å². The largest absolute Gasteiger partial charge is 0.495 e. The molecule has 3 amide bonds. The van der Waals surface area contributed by atoms with Gasteiger partial charge in [-0.25, -0.2) is 4.98 Å². The zero-order valence-electron chi connectivity index (χ0n) is 18.3. The standard InChI is InChI=1S/C24H19N3O6S/c1-31-17-9-10-18(32-2)21-20(17)25-24(34-21)26(12-14-6-5-11-33-14)19(28)13-27-22(29)15-7-3-4-8-16(15)23(27)30/h3-11H,12-13H2,1-2H3. The van der Waals surface area contributed by atoms with Crippen molar-refractivity contribution in [3.8, 4) is 11.5 Å². The molecule has 0 aliphatic carbocycles. The number of furan rings is 1. The van der Waals surface area contributed by atoms with Crippen LogP contribution in [-0.4, -0.2) is 48.4 Å². The first-order valence-electron chi connectivity index (χ1n) is 10.3. The Bertz CT molecular complexity index is 1340. The molecule has 3 heterocycles. The minimum atomic E-state index is -0.500. The van der Waals surface area contributed by atoms with Gasteiger partial charge in [-0.05, 0) is 36.4 Å². The molecule has 0 saturated heterocycles. The maximum Gasteiger partial charge on any atom is 0.262 e. The second kappa shape index (κ2) is 8.64. The number of aromatic nitrogens is 1. The van der Waals surface area contributed by atoms with Gasteiger partial charge in [0.25, 0.3) is 11.8 Å². The van der Waals surface area contributed by atoms with Crippen LogP contribution in [0.15, 0.2) is 59.2 Å². The Morgan fingerprint density at radius 2 is 1.68 bits per heavy atom. The van der Waals surface area contributed by atoms with E-state index in [1.165, 1.54) is 29.6 Å². The van der Waals surface area contributed by atoms with Crippen LogP contribution in [0.4, 0.5) is 5.13 Å². The summed E-state index contributed by atoms with van der Waals surface area (Å²) in [5, 5.41) is 0.357. The zero-order chi connectivity index (χ0) is 23.8. The second-order valence-electron chi connectivity index (χ2n) is 7.45. The predicted molar refractivity (Wildman–Crippen MR) is 124 cm³/mol. The summed E-state index contributed by atoms with van der Waals surface area (Å²) in [5.41, 5.74) is 1.11. The van der Waals surface area contributed by atoms with Crippen LogP contribution in [0.3, 0.4) is 0 Å². The van der Waals surface area contributed by atoms with Crippen LogP contribution in [0, 0.1) is 0 Å². The molecule has 34 heavy (non-hydrogen) atoms. The molecule has 172 valence electrons. The van der Waals surface area contributed by atoms with E-state index in [9.17, 15) is 14.4 Å². The van der Waals surface area contributed by atoms with E-state index in [-0.39, 0.29) is 17.7 Å². The molecule has 0 N–H and O–H groups in total. The van der Waals surface area contributed by atoms with Crippen molar-refractivity contribution in [3.05, 3.63) is 71.7 Å². The van der Waals surface area contributed by atoms with Crippen molar-refractivity contribution in [1.82, 2.24) is 9.88 Å². The molecule has 0 bridgehead atoms. The molecule has 0 fully saturated rings. The van der Waals surface area contributed by atoms with Crippen LogP contribution >= 0.6 is 11.3 Å². The van der Waals surface area contributed by atoms with E-state index in [1.54, 1.807) is 55.6 Å². The van der Waals surface area contributed by atoms with E-state index in [2.05, 4.69) is 4.98 Å². The number of ether oxygens (including phenoxy) is 2. The summed E-state index contributed by atoms with van der Waals surface area (Å²) in [6.45, 7) is -0.364. The molecular formula is C24H19N3O6S. The van der Waals surface area contributed by atoms with Crippen LogP contribution in [0.25, 0.3) is 10.2 Å². The molecule has 2 aromatic heterocycles. The second-order valence-corrected chi connectivity index (χ2v) is 8.42. The van der Waals surface area contributed by atoms with E-state index in [1.807, 2.05) is 0 Å². The first-order valence-corrected chi connectivity index (χ1v) is 11.1. The van der Waals surface area contributed by atoms with Crippen molar-refractivity contribution in [3.63, 3.8) is 0 Å². The van der Waals surface area contributed by atoms with Crippen LogP contribution in [0.5, 0.6) is 11.5 Å². The van der Waals surface area contributed by atoms with Crippen molar-refractivity contribution >= 4 is 44.4 Å². The highest BCUT2D eigenvalue weighted by atomic mass is 32.1. The van der Waals surface area contributed by atoms with Crippen molar-refractivity contribution in [1.29, 1.82) is 0 Å². The van der Waals surface area contributed by atoms with Gasteiger partial charge in [-0.2, -0.15) is 0 Å². The number of carbonyl (C=O) groups is 3. The van der Waals surface area contributed by atoms with Gasteiger partial charge in [0.2, 0.25) is 5.91 Å². The number of methoxy groups -OCH3 is 2. The molecule has 0 unspecified atom stereocenters. The number of thiazole rings is 1. The molecule has 1 aliphatic heterocycles. The van der Waals surface area contributed by atoms with Gasteiger partial charge in [0.05, 0.1) is 38.2 Å². The topological polar surface area (TPSA) is 102 Å². The smallest absolute Gasteiger partial charge is 0.262 e. The fourth-order valence-electron chi connectivity index (χ4n) is 3.81. The number of anilines is 1. The lowest BCUT2D eigenvalue weighted by molar-refractivity contribution is -0.119. The van der Waals surface area contributed by atoms with Gasteiger partial charge < -0.3 is 13.9 Å². The van der Waals surface area contributed by atoms with E-state index < -0.39 is 24.3 Å². The molecule has 0 radical (unpaired) electrons. The van der Waals surface area contributed by atoms with Gasteiger partial charge in [0.1, 0.15) is 34.0 Å². The van der Waals surface area contributed by atoms with Gasteiger partial charge in [-0.3, -0.25) is 24.2 Å². The van der Waals surface area contributed by atoms with Crippen molar-refractivity contribution in [2.24, 2.45) is 0 Å². The van der Waals surface area contributed by atoms with Gasteiger partial charge in [-0.1, -0.05) is 23.5 Å². The highest BCUT2D eigenvalue weighted by molar-refractivity contribution is 7.22. The molecule has 9 nitrogen and oxygen atoms in total. The van der Waals surface area contributed by atoms with Crippen molar-refractivity contribution < 1.29 is 28.3 Å². The molecule has 2 aromatic carbocycles. The summed E-state index contributed by atoms with van der Waals surface area (Å²) in [7, 11) is 3.09. The average molecular weight is 477 g/mol. The normalized spacial score (nSPS) is 12.8. The van der Waals surface area contributed by atoms with Crippen LogP contribution in [-0.2, 0) is 11.3 Å². The highest BCUT2D eigenvalue weighted by Gasteiger charge is 2.37. The number of fused-ring (bicyclic) bond motifs is 2. The molecule has 1 aliphatic rings. The summed E-state index contributed by atoms with van der Waals surface area (Å²) >= 11 is 1.24. The molecule has 0 atom stereocenters. The molecular weight excluding hydrogens is 458 g/mol. The lowest BCUT2D eigenvalue weighted by Crippen LogP contribution is -2.42. The van der Waals surface area contributed by atoms with Gasteiger partial charge in [0, 0.05) is 0 Å². The van der Waals surface area contributed by atoms with Crippen LogP contribution < -0.4 is 14.4 Å². The minimum Gasteiger partial charge on any atom is -0.495 e. The quantitative estimate of drug-likeness (QED) is 0.374. The fraction of sp³-hybridized carbons (Fsp3) is 0.167. The van der Waals surface area contributed by atoms with E-state index in [0.717, 1.165) is 4.90 Å². The highest BCUT2D eigenvalue weighted by Crippen LogP contribution is 2.40. The van der Waals surface area contributed by atoms with Gasteiger partial charge in [-0.15, -0.1) is 0 Å². The number of benzene rings is 2. The Hall–Kier alpha value is -4.18. The third kappa shape index (κ3) is 3.57. The summed E-state index contributed by atoms with van der Waals surface area (Å²) in [5.74, 6) is 0.158. The molecule has 0 saturated carbocycles. The lowest BCUT2D eigenvalue weighted by Gasteiger charge is -2.21. The number of hydrogen-bond acceptors (Lipinski definition) is 8. The Labute approximate surface area is 198 Å². The van der Waals surface area contributed by atoms with Crippen molar-refractivity contribution in [2.75, 3.05) is 25.7 Å². The van der Waals surface area contributed by atoms with E-state index >= 15 is 0 Å². The summed E-state index contributed by atoms with van der Waals surface area (Å²) in [6.07, 6.45) is 1.51. The minimum absolute atomic E-state index is 0.0689. The maximum atomic E-state index is 13.5. The Kier molecular flexibility index (Phi) is 5.50.